The van der Waals surface area contributed by atoms with Gasteiger partial charge in [0.1, 0.15) is 11.5 Å². The quantitative estimate of drug-likeness (QED) is 0.716. The standard InChI is InChI=1S/C12H15ClO2/c1-4-5-6-9-7-12(15-3)10(13)8-11(9)14-2/h4,7-8H,1,5-6H2,2-3H3. The van der Waals surface area contributed by atoms with Crippen LogP contribution in [0.3, 0.4) is 0 Å². The molecule has 0 unspecified atom stereocenters. The monoisotopic (exact) mass is 226 g/mol. The van der Waals surface area contributed by atoms with Crippen LogP contribution in [-0.4, -0.2) is 14.2 Å². The Hall–Kier alpha value is -1.15. The third kappa shape index (κ3) is 2.90. The molecule has 0 spiro atoms. The van der Waals surface area contributed by atoms with Gasteiger partial charge in [-0.3, -0.25) is 0 Å². The summed E-state index contributed by atoms with van der Waals surface area (Å²) >= 11 is 5.99. The van der Waals surface area contributed by atoms with E-state index in [1.807, 2.05) is 12.1 Å². The third-order valence-electron chi connectivity index (χ3n) is 2.17. The predicted molar refractivity (Wildman–Crippen MR) is 63.1 cm³/mol. The molecule has 0 N–H and O–H groups in total. The van der Waals surface area contributed by atoms with Gasteiger partial charge in [0, 0.05) is 6.07 Å². The fourth-order valence-corrected chi connectivity index (χ4v) is 1.61. The lowest BCUT2D eigenvalue weighted by molar-refractivity contribution is 0.399. The van der Waals surface area contributed by atoms with Gasteiger partial charge in [-0.1, -0.05) is 17.7 Å². The molecule has 15 heavy (non-hydrogen) atoms. The van der Waals surface area contributed by atoms with Gasteiger partial charge in [-0.15, -0.1) is 6.58 Å². The van der Waals surface area contributed by atoms with E-state index in [-0.39, 0.29) is 0 Å². The minimum Gasteiger partial charge on any atom is -0.496 e. The predicted octanol–water partition coefficient (Wildman–Crippen LogP) is 3.48. The van der Waals surface area contributed by atoms with Crippen molar-refractivity contribution in [2.24, 2.45) is 0 Å². The number of ether oxygens (including phenoxy) is 2. The summed E-state index contributed by atoms with van der Waals surface area (Å²) < 4.78 is 10.4. The lowest BCUT2D eigenvalue weighted by Crippen LogP contribution is -1.94. The molecular formula is C12H15ClO2. The fourth-order valence-electron chi connectivity index (χ4n) is 1.38. The van der Waals surface area contributed by atoms with Crippen molar-refractivity contribution in [3.05, 3.63) is 35.4 Å². The molecule has 0 aliphatic carbocycles. The van der Waals surface area contributed by atoms with Gasteiger partial charge in [-0.05, 0) is 24.5 Å². The molecule has 1 aromatic rings. The van der Waals surface area contributed by atoms with Gasteiger partial charge in [-0.2, -0.15) is 0 Å². The van der Waals surface area contributed by atoms with Gasteiger partial charge in [-0.25, -0.2) is 0 Å². The molecular weight excluding hydrogens is 212 g/mol. The van der Waals surface area contributed by atoms with Crippen LogP contribution in [0, 0.1) is 0 Å². The molecule has 3 heteroatoms. The van der Waals surface area contributed by atoms with Crippen LogP contribution in [0.5, 0.6) is 11.5 Å². The molecule has 0 saturated carbocycles. The zero-order chi connectivity index (χ0) is 11.3. The highest BCUT2D eigenvalue weighted by molar-refractivity contribution is 6.32. The second kappa shape index (κ2) is 5.66. The van der Waals surface area contributed by atoms with Crippen molar-refractivity contribution in [1.82, 2.24) is 0 Å². The summed E-state index contributed by atoms with van der Waals surface area (Å²) in [4.78, 5) is 0. The summed E-state index contributed by atoms with van der Waals surface area (Å²) in [7, 11) is 3.24. The number of aryl methyl sites for hydroxylation is 1. The van der Waals surface area contributed by atoms with Gasteiger partial charge in [0.15, 0.2) is 0 Å². The van der Waals surface area contributed by atoms with E-state index in [0.717, 1.165) is 24.2 Å². The van der Waals surface area contributed by atoms with Crippen molar-refractivity contribution >= 4 is 11.6 Å². The molecule has 0 heterocycles. The van der Waals surface area contributed by atoms with Crippen LogP contribution in [0.2, 0.25) is 5.02 Å². The first-order chi connectivity index (χ1) is 7.22. The first kappa shape index (κ1) is 11.9. The number of hydrogen-bond acceptors (Lipinski definition) is 2. The van der Waals surface area contributed by atoms with Crippen molar-refractivity contribution in [3.8, 4) is 11.5 Å². The fraction of sp³-hybridized carbons (Fsp3) is 0.333. The molecule has 0 bridgehead atoms. The average molecular weight is 227 g/mol. The Bertz CT molecular complexity index is 348. The summed E-state index contributed by atoms with van der Waals surface area (Å²) in [5.74, 6) is 1.47. The van der Waals surface area contributed by atoms with E-state index < -0.39 is 0 Å². The minimum absolute atomic E-state index is 0.566. The summed E-state index contributed by atoms with van der Waals surface area (Å²) in [6.07, 6.45) is 3.65. The first-order valence-corrected chi connectivity index (χ1v) is 5.12. The van der Waals surface area contributed by atoms with Crippen LogP contribution in [0.25, 0.3) is 0 Å². The van der Waals surface area contributed by atoms with E-state index in [0.29, 0.717) is 10.8 Å². The number of allylic oxidation sites excluding steroid dienone is 1. The van der Waals surface area contributed by atoms with Gasteiger partial charge < -0.3 is 9.47 Å². The van der Waals surface area contributed by atoms with Gasteiger partial charge >= 0.3 is 0 Å². The number of hydrogen-bond donors (Lipinski definition) is 0. The zero-order valence-electron chi connectivity index (χ0n) is 9.05. The Balaban J connectivity index is 3.04. The lowest BCUT2D eigenvalue weighted by Gasteiger charge is -2.11. The third-order valence-corrected chi connectivity index (χ3v) is 2.47. The maximum Gasteiger partial charge on any atom is 0.137 e. The van der Waals surface area contributed by atoms with Crippen molar-refractivity contribution < 1.29 is 9.47 Å². The molecule has 0 aromatic heterocycles. The molecule has 0 fully saturated rings. The topological polar surface area (TPSA) is 18.5 Å². The van der Waals surface area contributed by atoms with E-state index in [9.17, 15) is 0 Å². The summed E-state index contributed by atoms with van der Waals surface area (Å²) in [5, 5.41) is 0.566. The largest absolute Gasteiger partial charge is 0.496 e. The summed E-state index contributed by atoms with van der Waals surface area (Å²) in [6, 6.07) is 3.68. The molecule has 0 aliphatic rings. The number of methoxy groups -OCH3 is 2. The molecule has 0 atom stereocenters. The molecule has 0 radical (unpaired) electrons. The highest BCUT2D eigenvalue weighted by Crippen LogP contribution is 2.32. The van der Waals surface area contributed by atoms with Gasteiger partial charge in [0.25, 0.3) is 0 Å². The van der Waals surface area contributed by atoms with Crippen molar-refractivity contribution in [2.75, 3.05) is 14.2 Å². The number of halogens is 1. The highest BCUT2D eigenvalue weighted by atomic mass is 35.5. The molecule has 1 rings (SSSR count). The van der Waals surface area contributed by atoms with E-state index in [1.54, 1.807) is 20.3 Å². The Morgan fingerprint density at radius 1 is 1.27 bits per heavy atom. The number of rotatable bonds is 5. The van der Waals surface area contributed by atoms with E-state index >= 15 is 0 Å². The van der Waals surface area contributed by atoms with Crippen LogP contribution in [-0.2, 0) is 6.42 Å². The molecule has 0 aliphatic heterocycles. The van der Waals surface area contributed by atoms with Crippen molar-refractivity contribution in [1.29, 1.82) is 0 Å². The lowest BCUT2D eigenvalue weighted by atomic mass is 10.1. The summed E-state index contributed by atoms with van der Waals surface area (Å²) in [6.45, 7) is 3.69. The van der Waals surface area contributed by atoms with Gasteiger partial charge in [0.05, 0.1) is 19.2 Å². The van der Waals surface area contributed by atoms with Crippen LogP contribution in [0.1, 0.15) is 12.0 Å². The smallest absolute Gasteiger partial charge is 0.137 e. The van der Waals surface area contributed by atoms with Crippen LogP contribution < -0.4 is 9.47 Å². The molecule has 2 nitrogen and oxygen atoms in total. The Labute approximate surface area is 95.5 Å². The molecule has 1 aromatic carbocycles. The second-order valence-corrected chi connectivity index (χ2v) is 3.53. The van der Waals surface area contributed by atoms with Crippen LogP contribution in [0.15, 0.2) is 24.8 Å². The number of benzene rings is 1. The Morgan fingerprint density at radius 2 is 1.93 bits per heavy atom. The minimum atomic E-state index is 0.566. The molecule has 82 valence electrons. The van der Waals surface area contributed by atoms with Crippen molar-refractivity contribution in [3.63, 3.8) is 0 Å². The van der Waals surface area contributed by atoms with E-state index in [4.69, 9.17) is 21.1 Å². The molecule has 0 saturated heterocycles. The van der Waals surface area contributed by atoms with Crippen LogP contribution in [0.4, 0.5) is 0 Å². The maximum atomic E-state index is 5.99. The summed E-state index contributed by atoms with van der Waals surface area (Å²) in [5.41, 5.74) is 1.08. The Kier molecular flexibility index (Phi) is 4.50. The highest BCUT2D eigenvalue weighted by Gasteiger charge is 2.08. The second-order valence-electron chi connectivity index (χ2n) is 3.13. The average Bonchev–Trinajstić information content (AvgIpc) is 2.26. The SMILES string of the molecule is C=CCCc1cc(OC)c(Cl)cc1OC. The van der Waals surface area contributed by atoms with Crippen molar-refractivity contribution in [2.45, 2.75) is 12.8 Å². The zero-order valence-corrected chi connectivity index (χ0v) is 9.80. The van der Waals surface area contributed by atoms with E-state index in [2.05, 4.69) is 6.58 Å². The van der Waals surface area contributed by atoms with Crippen LogP contribution >= 0.6 is 11.6 Å². The molecule has 0 amide bonds. The normalized spacial score (nSPS) is 9.80. The van der Waals surface area contributed by atoms with E-state index in [1.165, 1.54) is 0 Å². The first-order valence-electron chi connectivity index (χ1n) is 4.74. The Morgan fingerprint density at radius 3 is 2.47 bits per heavy atom. The maximum absolute atomic E-state index is 5.99. The van der Waals surface area contributed by atoms with Gasteiger partial charge in [0.2, 0.25) is 0 Å².